The molecule has 1 aliphatic rings. The van der Waals surface area contributed by atoms with E-state index in [1.54, 1.807) is 14.2 Å². The first-order valence-corrected chi connectivity index (χ1v) is 9.04. The third-order valence-electron chi connectivity index (χ3n) is 4.94. The first-order chi connectivity index (χ1) is 11.3. The van der Waals surface area contributed by atoms with Crippen molar-refractivity contribution in [3.05, 3.63) is 18.2 Å². The summed E-state index contributed by atoms with van der Waals surface area (Å²) in [6.45, 7) is 7.02. The van der Waals surface area contributed by atoms with Gasteiger partial charge in [-0.25, -0.2) is 0 Å². The van der Waals surface area contributed by atoms with Crippen molar-refractivity contribution in [2.24, 2.45) is 11.3 Å². The number of benzene rings is 1. The Kier molecular flexibility index (Phi) is 6.33. The molecule has 0 bridgehead atoms. The fourth-order valence-corrected chi connectivity index (χ4v) is 3.64. The van der Waals surface area contributed by atoms with Crippen LogP contribution in [-0.2, 0) is 0 Å². The lowest BCUT2D eigenvalue weighted by Crippen LogP contribution is -2.41. The maximum atomic E-state index is 5.49. The van der Waals surface area contributed by atoms with Gasteiger partial charge in [0.25, 0.3) is 0 Å². The molecule has 0 aliphatic heterocycles. The highest BCUT2D eigenvalue weighted by molar-refractivity contribution is 7.80. The third kappa shape index (κ3) is 5.00. The van der Waals surface area contributed by atoms with Crippen LogP contribution in [0.4, 0.5) is 5.69 Å². The highest BCUT2D eigenvalue weighted by Gasteiger charge is 2.29. The minimum absolute atomic E-state index is 0.400. The van der Waals surface area contributed by atoms with E-state index in [-0.39, 0.29) is 0 Å². The van der Waals surface area contributed by atoms with Gasteiger partial charge in [0.05, 0.1) is 19.9 Å². The zero-order valence-electron chi connectivity index (χ0n) is 15.4. The Balaban J connectivity index is 1.90. The molecule has 0 amide bonds. The molecular formula is C19H30N2O2S. The van der Waals surface area contributed by atoms with Gasteiger partial charge >= 0.3 is 0 Å². The standard InChI is InChI=1S/C19H30N2O2S/c1-19(2,3)13-6-8-14(9-7-13)20-18(24)21-16-12-15(22-4)10-11-17(16)23-5/h10-14H,6-9H2,1-5H3,(H2,20,21,24). The van der Waals surface area contributed by atoms with Crippen molar-refractivity contribution < 1.29 is 9.47 Å². The van der Waals surface area contributed by atoms with E-state index in [9.17, 15) is 0 Å². The van der Waals surface area contributed by atoms with Gasteiger partial charge in [-0.2, -0.15) is 0 Å². The Bertz CT molecular complexity index is 561. The van der Waals surface area contributed by atoms with E-state index in [0.717, 1.165) is 23.1 Å². The zero-order valence-corrected chi connectivity index (χ0v) is 16.3. The second kappa shape index (κ2) is 8.06. The number of ether oxygens (including phenoxy) is 2. The average Bonchev–Trinajstić information content (AvgIpc) is 2.54. The molecule has 2 N–H and O–H groups in total. The van der Waals surface area contributed by atoms with Crippen molar-refractivity contribution in [1.82, 2.24) is 5.32 Å². The van der Waals surface area contributed by atoms with Gasteiger partial charge in [-0.1, -0.05) is 20.8 Å². The predicted octanol–water partition coefficient (Wildman–Crippen LogP) is 4.60. The van der Waals surface area contributed by atoms with Crippen molar-refractivity contribution in [3.8, 4) is 11.5 Å². The van der Waals surface area contributed by atoms with E-state index in [1.165, 1.54) is 25.7 Å². The van der Waals surface area contributed by atoms with Crippen LogP contribution < -0.4 is 20.1 Å². The summed E-state index contributed by atoms with van der Waals surface area (Å²) in [5.74, 6) is 2.32. The molecule has 1 aromatic rings. The maximum Gasteiger partial charge on any atom is 0.171 e. The molecule has 0 radical (unpaired) electrons. The van der Waals surface area contributed by atoms with Crippen LogP contribution in [0.1, 0.15) is 46.5 Å². The van der Waals surface area contributed by atoms with Crippen molar-refractivity contribution in [3.63, 3.8) is 0 Å². The number of thiocarbonyl (C=S) groups is 1. The van der Waals surface area contributed by atoms with Gasteiger partial charge in [-0.05, 0) is 61.4 Å². The van der Waals surface area contributed by atoms with E-state index < -0.39 is 0 Å². The van der Waals surface area contributed by atoms with Gasteiger partial charge in [-0.3, -0.25) is 0 Å². The highest BCUT2D eigenvalue weighted by atomic mass is 32.1. The molecule has 1 fully saturated rings. The number of hydrogen-bond acceptors (Lipinski definition) is 3. The number of methoxy groups -OCH3 is 2. The lowest BCUT2D eigenvalue weighted by molar-refractivity contribution is 0.166. The molecule has 0 aromatic heterocycles. The monoisotopic (exact) mass is 350 g/mol. The Hall–Kier alpha value is -1.49. The molecular weight excluding hydrogens is 320 g/mol. The molecule has 0 saturated heterocycles. The smallest absolute Gasteiger partial charge is 0.171 e. The quantitative estimate of drug-likeness (QED) is 0.777. The number of rotatable bonds is 4. The van der Waals surface area contributed by atoms with Crippen LogP contribution in [0.15, 0.2) is 18.2 Å². The first-order valence-electron chi connectivity index (χ1n) is 8.63. The largest absolute Gasteiger partial charge is 0.497 e. The van der Waals surface area contributed by atoms with Crippen LogP contribution in [0.2, 0.25) is 0 Å². The second-order valence-electron chi connectivity index (χ2n) is 7.58. The lowest BCUT2D eigenvalue weighted by Gasteiger charge is -2.37. The fraction of sp³-hybridized carbons (Fsp3) is 0.632. The van der Waals surface area contributed by atoms with Crippen LogP contribution in [-0.4, -0.2) is 25.4 Å². The molecule has 134 valence electrons. The number of anilines is 1. The predicted molar refractivity (Wildman–Crippen MR) is 104 cm³/mol. The van der Waals surface area contributed by atoms with Gasteiger partial charge in [0.15, 0.2) is 5.11 Å². The summed E-state index contributed by atoms with van der Waals surface area (Å²) in [7, 11) is 3.30. The van der Waals surface area contributed by atoms with E-state index in [4.69, 9.17) is 21.7 Å². The molecule has 0 atom stereocenters. The lowest BCUT2D eigenvalue weighted by atomic mass is 9.71. The average molecular weight is 351 g/mol. The fourth-order valence-electron chi connectivity index (χ4n) is 3.36. The van der Waals surface area contributed by atoms with Gasteiger partial charge in [0.2, 0.25) is 0 Å². The van der Waals surface area contributed by atoms with Gasteiger partial charge < -0.3 is 20.1 Å². The Labute approximate surface area is 151 Å². The Morgan fingerprint density at radius 2 is 1.75 bits per heavy atom. The topological polar surface area (TPSA) is 42.5 Å². The summed E-state index contributed by atoms with van der Waals surface area (Å²) < 4.78 is 10.7. The van der Waals surface area contributed by atoms with Crippen molar-refractivity contribution in [2.45, 2.75) is 52.5 Å². The molecule has 0 heterocycles. The van der Waals surface area contributed by atoms with E-state index >= 15 is 0 Å². The van der Waals surface area contributed by atoms with Gasteiger partial charge in [-0.15, -0.1) is 0 Å². The molecule has 0 spiro atoms. The van der Waals surface area contributed by atoms with Gasteiger partial charge in [0.1, 0.15) is 11.5 Å². The molecule has 4 nitrogen and oxygen atoms in total. The van der Waals surface area contributed by atoms with E-state index in [2.05, 4.69) is 31.4 Å². The third-order valence-corrected chi connectivity index (χ3v) is 5.16. The van der Waals surface area contributed by atoms with Crippen LogP contribution >= 0.6 is 12.2 Å². The minimum Gasteiger partial charge on any atom is -0.497 e. The van der Waals surface area contributed by atoms with E-state index in [1.807, 2.05) is 18.2 Å². The second-order valence-corrected chi connectivity index (χ2v) is 7.99. The Morgan fingerprint density at radius 1 is 1.08 bits per heavy atom. The van der Waals surface area contributed by atoms with E-state index in [0.29, 0.717) is 16.6 Å². The highest BCUT2D eigenvalue weighted by Crippen LogP contribution is 2.37. The van der Waals surface area contributed by atoms with Crippen molar-refractivity contribution in [2.75, 3.05) is 19.5 Å². The summed E-state index contributed by atoms with van der Waals surface area (Å²) in [4.78, 5) is 0. The molecule has 5 heteroatoms. The molecule has 1 aliphatic carbocycles. The number of hydrogen-bond donors (Lipinski definition) is 2. The minimum atomic E-state index is 0.400. The summed E-state index contributed by atoms with van der Waals surface area (Å²) in [5, 5.41) is 7.33. The molecule has 24 heavy (non-hydrogen) atoms. The Morgan fingerprint density at radius 3 is 2.29 bits per heavy atom. The van der Waals surface area contributed by atoms with Crippen molar-refractivity contribution in [1.29, 1.82) is 0 Å². The molecule has 2 rings (SSSR count). The SMILES string of the molecule is COc1ccc(OC)c(NC(=S)NC2CCC(C(C)(C)C)CC2)c1. The van der Waals surface area contributed by atoms with Crippen LogP contribution in [0.25, 0.3) is 0 Å². The molecule has 0 unspecified atom stereocenters. The first kappa shape index (κ1) is 18.8. The summed E-state index contributed by atoms with van der Waals surface area (Å²) in [6, 6.07) is 6.08. The molecule has 1 aromatic carbocycles. The summed E-state index contributed by atoms with van der Waals surface area (Å²) in [5.41, 5.74) is 1.22. The van der Waals surface area contributed by atoms with Crippen LogP contribution in [0.5, 0.6) is 11.5 Å². The normalized spacial score (nSPS) is 21.0. The van der Waals surface area contributed by atoms with Crippen LogP contribution in [0.3, 0.4) is 0 Å². The maximum absolute atomic E-state index is 5.49. The summed E-state index contributed by atoms with van der Waals surface area (Å²) in [6.07, 6.45) is 4.84. The van der Waals surface area contributed by atoms with Crippen molar-refractivity contribution >= 4 is 23.0 Å². The molecule has 1 saturated carbocycles. The zero-order chi connectivity index (χ0) is 17.7. The number of nitrogens with one attached hydrogen (secondary N) is 2. The van der Waals surface area contributed by atoms with Crippen LogP contribution in [0, 0.1) is 11.3 Å². The summed E-state index contributed by atoms with van der Waals surface area (Å²) >= 11 is 5.49. The van der Waals surface area contributed by atoms with Gasteiger partial charge in [0, 0.05) is 12.1 Å².